The lowest BCUT2D eigenvalue weighted by molar-refractivity contribution is 0.582. The summed E-state index contributed by atoms with van der Waals surface area (Å²) in [5, 5.41) is 9.02. The van der Waals surface area contributed by atoms with Crippen molar-refractivity contribution in [2.24, 2.45) is 0 Å². The van der Waals surface area contributed by atoms with Gasteiger partial charge in [0, 0.05) is 23.0 Å². The molecule has 0 aliphatic heterocycles. The van der Waals surface area contributed by atoms with Crippen molar-refractivity contribution in [2.75, 3.05) is 4.90 Å². The first-order valence-electron chi connectivity index (χ1n) is 7.37. The monoisotopic (exact) mass is 274 g/mol. The van der Waals surface area contributed by atoms with Crippen LogP contribution in [-0.4, -0.2) is 6.04 Å². The zero-order valence-corrected chi connectivity index (χ0v) is 11.9. The predicted octanol–water partition coefficient (Wildman–Crippen LogP) is 4.83. The Bertz CT molecular complexity index is 613. The number of hydrogen-bond acceptors (Lipinski definition) is 2. The molecule has 0 aromatic heterocycles. The maximum absolute atomic E-state index is 9.02. The molecule has 1 atom stereocenters. The topological polar surface area (TPSA) is 27.0 Å². The van der Waals surface area contributed by atoms with Crippen molar-refractivity contribution in [3.63, 3.8) is 0 Å². The minimum Gasteiger partial charge on any atom is -0.338 e. The van der Waals surface area contributed by atoms with E-state index < -0.39 is 0 Å². The summed E-state index contributed by atoms with van der Waals surface area (Å²) in [5.41, 5.74) is 3.34. The van der Waals surface area contributed by atoms with Gasteiger partial charge in [-0.15, -0.1) is 0 Å². The number of nitrogens with zero attached hydrogens (tertiary/aromatic N) is 2. The Morgan fingerprint density at radius 3 is 1.90 bits per heavy atom. The highest BCUT2D eigenvalue weighted by molar-refractivity contribution is 5.64. The summed E-state index contributed by atoms with van der Waals surface area (Å²) in [7, 11) is 0. The molecule has 2 aromatic rings. The largest absolute Gasteiger partial charge is 0.338 e. The standard InChI is InChI=1S/C19H18N2/c20-15-16-11-13-19(14-12-16)21(17-7-3-1-4-8-17)18-9-5-2-6-10-18/h1-11,19H,12-14H2. The second kappa shape index (κ2) is 6.28. The Morgan fingerprint density at radius 2 is 1.48 bits per heavy atom. The lowest BCUT2D eigenvalue weighted by Gasteiger charge is -2.35. The number of anilines is 2. The fourth-order valence-corrected chi connectivity index (χ4v) is 2.90. The van der Waals surface area contributed by atoms with Gasteiger partial charge in [0.05, 0.1) is 6.07 Å². The van der Waals surface area contributed by atoms with Crippen molar-refractivity contribution in [2.45, 2.75) is 25.3 Å². The van der Waals surface area contributed by atoms with E-state index in [0.717, 1.165) is 24.8 Å². The number of nitriles is 1. The number of hydrogen-bond donors (Lipinski definition) is 0. The zero-order chi connectivity index (χ0) is 14.5. The second-order valence-corrected chi connectivity index (χ2v) is 5.31. The molecule has 1 aliphatic carbocycles. The summed E-state index contributed by atoms with van der Waals surface area (Å²) in [6.07, 6.45) is 4.90. The van der Waals surface area contributed by atoms with Gasteiger partial charge in [0.25, 0.3) is 0 Å². The molecule has 0 heterocycles. The Kier molecular flexibility index (Phi) is 4.02. The first-order chi connectivity index (χ1) is 10.4. The van der Waals surface area contributed by atoms with E-state index >= 15 is 0 Å². The Balaban J connectivity index is 1.95. The molecule has 0 fully saturated rings. The SMILES string of the molecule is N#CC1=CCC(N(c2ccccc2)c2ccccc2)CC1. The molecular formula is C19H18N2. The lowest BCUT2D eigenvalue weighted by atomic mass is 9.94. The van der Waals surface area contributed by atoms with E-state index in [1.54, 1.807) is 0 Å². The molecular weight excluding hydrogens is 256 g/mol. The van der Waals surface area contributed by atoms with E-state index in [-0.39, 0.29) is 0 Å². The van der Waals surface area contributed by atoms with Gasteiger partial charge in [-0.1, -0.05) is 42.5 Å². The minimum atomic E-state index is 0.409. The van der Waals surface area contributed by atoms with Crippen LogP contribution in [0.2, 0.25) is 0 Å². The molecule has 2 aromatic carbocycles. The van der Waals surface area contributed by atoms with E-state index in [1.807, 2.05) is 12.1 Å². The highest BCUT2D eigenvalue weighted by atomic mass is 15.2. The molecule has 0 saturated carbocycles. The quantitative estimate of drug-likeness (QED) is 0.801. The fourth-order valence-electron chi connectivity index (χ4n) is 2.90. The molecule has 0 amide bonds. The first kappa shape index (κ1) is 13.5. The average molecular weight is 274 g/mol. The van der Waals surface area contributed by atoms with Gasteiger partial charge >= 0.3 is 0 Å². The van der Waals surface area contributed by atoms with Gasteiger partial charge in [-0.2, -0.15) is 5.26 Å². The predicted molar refractivity (Wildman–Crippen MR) is 86.4 cm³/mol. The summed E-state index contributed by atoms with van der Waals surface area (Å²) in [4.78, 5) is 2.39. The van der Waals surface area contributed by atoms with Gasteiger partial charge in [-0.25, -0.2) is 0 Å². The summed E-state index contributed by atoms with van der Waals surface area (Å²) in [6, 6.07) is 23.7. The summed E-state index contributed by atoms with van der Waals surface area (Å²) >= 11 is 0. The van der Waals surface area contributed by atoms with Crippen LogP contribution < -0.4 is 4.90 Å². The van der Waals surface area contributed by atoms with Crippen molar-refractivity contribution in [1.29, 1.82) is 5.26 Å². The fraction of sp³-hybridized carbons (Fsp3) is 0.211. The van der Waals surface area contributed by atoms with Crippen molar-refractivity contribution < 1.29 is 0 Å². The Hall–Kier alpha value is -2.53. The van der Waals surface area contributed by atoms with E-state index in [9.17, 15) is 0 Å². The van der Waals surface area contributed by atoms with Crippen LogP contribution in [0.5, 0.6) is 0 Å². The summed E-state index contributed by atoms with van der Waals surface area (Å²) < 4.78 is 0. The Labute approximate surface area is 126 Å². The van der Waals surface area contributed by atoms with E-state index in [2.05, 4.69) is 65.6 Å². The van der Waals surface area contributed by atoms with Gasteiger partial charge in [0.2, 0.25) is 0 Å². The van der Waals surface area contributed by atoms with Crippen LogP contribution in [0.1, 0.15) is 19.3 Å². The van der Waals surface area contributed by atoms with Crippen LogP contribution in [-0.2, 0) is 0 Å². The molecule has 2 heteroatoms. The van der Waals surface area contributed by atoms with Crippen LogP contribution in [0.4, 0.5) is 11.4 Å². The molecule has 2 nitrogen and oxygen atoms in total. The number of benzene rings is 2. The van der Waals surface area contributed by atoms with Crippen LogP contribution in [0, 0.1) is 11.3 Å². The van der Waals surface area contributed by atoms with Gasteiger partial charge in [-0.05, 0) is 43.5 Å². The number of para-hydroxylation sites is 2. The van der Waals surface area contributed by atoms with Crippen LogP contribution in [0.25, 0.3) is 0 Å². The van der Waals surface area contributed by atoms with Gasteiger partial charge < -0.3 is 4.90 Å². The van der Waals surface area contributed by atoms with Crippen molar-refractivity contribution >= 4 is 11.4 Å². The maximum Gasteiger partial charge on any atom is 0.0943 e. The highest BCUT2D eigenvalue weighted by Crippen LogP contribution is 2.33. The first-order valence-corrected chi connectivity index (χ1v) is 7.37. The molecule has 0 bridgehead atoms. The summed E-state index contributed by atoms with van der Waals surface area (Å²) in [6.45, 7) is 0. The molecule has 1 aliphatic rings. The second-order valence-electron chi connectivity index (χ2n) is 5.31. The van der Waals surface area contributed by atoms with E-state index in [1.165, 1.54) is 11.4 Å². The molecule has 104 valence electrons. The Morgan fingerprint density at radius 1 is 0.905 bits per heavy atom. The van der Waals surface area contributed by atoms with Crippen LogP contribution in [0.15, 0.2) is 72.3 Å². The molecule has 0 saturated heterocycles. The van der Waals surface area contributed by atoms with Crippen molar-refractivity contribution in [3.05, 3.63) is 72.3 Å². The summed E-state index contributed by atoms with van der Waals surface area (Å²) in [5.74, 6) is 0. The van der Waals surface area contributed by atoms with E-state index in [4.69, 9.17) is 5.26 Å². The van der Waals surface area contributed by atoms with Crippen molar-refractivity contribution in [3.8, 4) is 6.07 Å². The molecule has 21 heavy (non-hydrogen) atoms. The van der Waals surface area contributed by atoms with Gasteiger partial charge in [-0.3, -0.25) is 0 Å². The highest BCUT2D eigenvalue weighted by Gasteiger charge is 2.22. The average Bonchev–Trinajstić information content (AvgIpc) is 2.58. The maximum atomic E-state index is 9.02. The lowest BCUT2D eigenvalue weighted by Crippen LogP contribution is -2.32. The zero-order valence-electron chi connectivity index (χ0n) is 11.9. The van der Waals surface area contributed by atoms with E-state index in [0.29, 0.717) is 6.04 Å². The third-order valence-corrected chi connectivity index (χ3v) is 3.96. The van der Waals surface area contributed by atoms with Crippen LogP contribution >= 0.6 is 0 Å². The van der Waals surface area contributed by atoms with Crippen LogP contribution in [0.3, 0.4) is 0 Å². The number of allylic oxidation sites excluding steroid dienone is 1. The van der Waals surface area contributed by atoms with Gasteiger partial charge in [0.15, 0.2) is 0 Å². The smallest absolute Gasteiger partial charge is 0.0943 e. The normalized spacial score (nSPS) is 17.7. The molecule has 0 radical (unpaired) electrons. The number of rotatable bonds is 3. The van der Waals surface area contributed by atoms with Crippen molar-refractivity contribution in [1.82, 2.24) is 0 Å². The minimum absolute atomic E-state index is 0.409. The molecule has 0 spiro atoms. The molecule has 0 N–H and O–H groups in total. The third kappa shape index (κ3) is 2.98. The molecule has 1 unspecified atom stereocenters. The van der Waals surface area contributed by atoms with Gasteiger partial charge in [0.1, 0.15) is 0 Å². The third-order valence-electron chi connectivity index (χ3n) is 3.96. The molecule has 3 rings (SSSR count).